The third kappa shape index (κ3) is 4.62. The molecule has 1 rings (SSSR count). The Hall–Kier alpha value is -0.610. The van der Waals surface area contributed by atoms with Crippen molar-refractivity contribution in [3.05, 3.63) is 0 Å². The highest BCUT2D eigenvalue weighted by Crippen LogP contribution is 2.23. The topological polar surface area (TPSA) is 64.3 Å². The van der Waals surface area contributed by atoms with Crippen LogP contribution in [0.25, 0.3) is 0 Å². The number of amides is 1. The lowest BCUT2D eigenvalue weighted by atomic mass is 9.85. The van der Waals surface area contributed by atoms with Crippen LogP contribution in [0.1, 0.15) is 32.6 Å². The lowest BCUT2D eigenvalue weighted by Crippen LogP contribution is -2.38. The van der Waals surface area contributed by atoms with Gasteiger partial charge in [0.1, 0.15) is 0 Å². The monoisotopic (exact) mass is 214 g/mol. The summed E-state index contributed by atoms with van der Waals surface area (Å²) in [5, 5.41) is 3.44. The predicted molar refractivity (Wildman–Crippen MR) is 59.4 cm³/mol. The van der Waals surface area contributed by atoms with Gasteiger partial charge in [0.2, 0.25) is 5.91 Å². The average Bonchev–Trinajstić information content (AvgIpc) is 2.25. The van der Waals surface area contributed by atoms with Crippen molar-refractivity contribution >= 4 is 5.91 Å². The van der Waals surface area contributed by atoms with Gasteiger partial charge in [0.25, 0.3) is 0 Å². The molecule has 1 aliphatic carbocycles. The van der Waals surface area contributed by atoms with Crippen LogP contribution in [-0.4, -0.2) is 31.7 Å². The zero-order chi connectivity index (χ0) is 11.1. The third-order valence-electron chi connectivity index (χ3n) is 3.01. The second-order valence-electron chi connectivity index (χ2n) is 4.10. The Morgan fingerprint density at radius 3 is 2.60 bits per heavy atom. The van der Waals surface area contributed by atoms with Crippen molar-refractivity contribution < 1.29 is 9.53 Å². The van der Waals surface area contributed by atoms with Crippen LogP contribution >= 0.6 is 0 Å². The molecule has 1 amide bonds. The third-order valence-corrected chi connectivity index (χ3v) is 3.01. The maximum absolute atomic E-state index is 10.9. The van der Waals surface area contributed by atoms with E-state index in [1.54, 1.807) is 0 Å². The molecule has 88 valence electrons. The Labute approximate surface area is 91.5 Å². The van der Waals surface area contributed by atoms with Crippen LogP contribution in [0.3, 0.4) is 0 Å². The van der Waals surface area contributed by atoms with Gasteiger partial charge in [0.05, 0.1) is 6.61 Å². The molecule has 0 atom stereocenters. The van der Waals surface area contributed by atoms with Crippen molar-refractivity contribution in [1.29, 1.82) is 0 Å². The fourth-order valence-corrected chi connectivity index (χ4v) is 2.06. The first-order valence-electron chi connectivity index (χ1n) is 5.84. The maximum Gasteiger partial charge on any atom is 0.220 e. The zero-order valence-electron chi connectivity index (χ0n) is 9.50. The van der Waals surface area contributed by atoms with Crippen molar-refractivity contribution in [3.8, 4) is 0 Å². The molecule has 4 nitrogen and oxygen atoms in total. The van der Waals surface area contributed by atoms with Crippen LogP contribution in [-0.2, 0) is 9.53 Å². The van der Waals surface area contributed by atoms with E-state index in [1.807, 2.05) is 6.92 Å². The predicted octanol–water partition coefficient (Wildman–Crippen LogP) is 0.657. The minimum absolute atomic E-state index is 0.106. The first kappa shape index (κ1) is 12.5. The summed E-state index contributed by atoms with van der Waals surface area (Å²) in [4.78, 5) is 10.9. The fourth-order valence-electron chi connectivity index (χ4n) is 2.06. The van der Waals surface area contributed by atoms with E-state index in [0.717, 1.165) is 45.4 Å². The van der Waals surface area contributed by atoms with Crippen LogP contribution < -0.4 is 11.1 Å². The summed E-state index contributed by atoms with van der Waals surface area (Å²) in [5.41, 5.74) is 5.27. The van der Waals surface area contributed by atoms with Crippen molar-refractivity contribution in [1.82, 2.24) is 5.32 Å². The van der Waals surface area contributed by atoms with Crippen LogP contribution in [0.4, 0.5) is 0 Å². The normalized spacial score (nSPS) is 26.5. The molecular weight excluding hydrogens is 192 g/mol. The van der Waals surface area contributed by atoms with Crippen LogP contribution in [0.5, 0.6) is 0 Å². The molecule has 1 fully saturated rings. The smallest absolute Gasteiger partial charge is 0.220 e. The summed E-state index contributed by atoms with van der Waals surface area (Å²) in [6.07, 6.45) is 3.97. The molecule has 0 aromatic carbocycles. The van der Waals surface area contributed by atoms with Gasteiger partial charge in [-0.25, -0.2) is 0 Å². The second-order valence-corrected chi connectivity index (χ2v) is 4.10. The van der Waals surface area contributed by atoms with E-state index in [4.69, 9.17) is 10.5 Å². The fraction of sp³-hybridized carbons (Fsp3) is 0.909. The van der Waals surface area contributed by atoms with E-state index in [1.165, 1.54) is 0 Å². The zero-order valence-corrected chi connectivity index (χ0v) is 9.50. The molecule has 0 heterocycles. The van der Waals surface area contributed by atoms with Crippen molar-refractivity contribution in [3.63, 3.8) is 0 Å². The highest BCUT2D eigenvalue weighted by atomic mass is 16.5. The van der Waals surface area contributed by atoms with Gasteiger partial charge in [-0.05, 0) is 32.6 Å². The quantitative estimate of drug-likeness (QED) is 0.638. The number of carbonyl (C=O) groups excluding carboxylic acids is 1. The molecule has 0 spiro atoms. The highest BCUT2D eigenvalue weighted by molar-refractivity contribution is 5.76. The summed E-state index contributed by atoms with van der Waals surface area (Å²) in [5.74, 6) is -0.0299. The SMILES string of the molecule is CCOCCNC1CCC(C(N)=O)CC1. The number of rotatable bonds is 6. The minimum atomic E-state index is -0.136. The van der Waals surface area contributed by atoms with Gasteiger partial charge in [-0.15, -0.1) is 0 Å². The molecule has 4 heteroatoms. The number of ether oxygens (including phenoxy) is 1. The van der Waals surface area contributed by atoms with Gasteiger partial charge < -0.3 is 15.8 Å². The summed E-state index contributed by atoms with van der Waals surface area (Å²) in [7, 11) is 0. The Morgan fingerprint density at radius 1 is 1.40 bits per heavy atom. The van der Waals surface area contributed by atoms with E-state index in [-0.39, 0.29) is 11.8 Å². The Balaban J connectivity index is 2.07. The van der Waals surface area contributed by atoms with E-state index in [2.05, 4.69) is 5.32 Å². The molecule has 0 aliphatic heterocycles. The largest absolute Gasteiger partial charge is 0.380 e. The lowest BCUT2D eigenvalue weighted by molar-refractivity contribution is -0.122. The van der Waals surface area contributed by atoms with Gasteiger partial charge >= 0.3 is 0 Å². The van der Waals surface area contributed by atoms with E-state index < -0.39 is 0 Å². The molecule has 1 saturated carbocycles. The Kier molecular flexibility index (Phi) is 5.65. The molecule has 0 bridgehead atoms. The number of hydrogen-bond donors (Lipinski definition) is 2. The first-order valence-corrected chi connectivity index (χ1v) is 5.84. The highest BCUT2D eigenvalue weighted by Gasteiger charge is 2.23. The lowest BCUT2D eigenvalue weighted by Gasteiger charge is -2.27. The minimum Gasteiger partial charge on any atom is -0.380 e. The Morgan fingerprint density at radius 2 is 2.07 bits per heavy atom. The maximum atomic E-state index is 10.9. The average molecular weight is 214 g/mol. The van der Waals surface area contributed by atoms with Crippen molar-refractivity contribution in [2.24, 2.45) is 11.7 Å². The molecular formula is C11H22N2O2. The van der Waals surface area contributed by atoms with Crippen molar-refractivity contribution in [2.45, 2.75) is 38.6 Å². The molecule has 0 saturated heterocycles. The molecule has 1 aliphatic rings. The van der Waals surface area contributed by atoms with Gasteiger partial charge in [-0.3, -0.25) is 4.79 Å². The van der Waals surface area contributed by atoms with Gasteiger partial charge in [-0.2, -0.15) is 0 Å². The number of primary amides is 1. The molecule has 0 aromatic heterocycles. The summed E-state index contributed by atoms with van der Waals surface area (Å²) in [6, 6.07) is 0.543. The van der Waals surface area contributed by atoms with Crippen LogP contribution in [0.15, 0.2) is 0 Å². The number of carbonyl (C=O) groups is 1. The Bertz CT molecular complexity index is 189. The van der Waals surface area contributed by atoms with Crippen LogP contribution in [0, 0.1) is 5.92 Å². The summed E-state index contributed by atoms with van der Waals surface area (Å²) in [6.45, 7) is 4.44. The number of hydrogen-bond acceptors (Lipinski definition) is 3. The molecule has 15 heavy (non-hydrogen) atoms. The van der Waals surface area contributed by atoms with E-state index >= 15 is 0 Å². The van der Waals surface area contributed by atoms with E-state index in [0.29, 0.717) is 6.04 Å². The van der Waals surface area contributed by atoms with Gasteiger partial charge in [0, 0.05) is 25.1 Å². The van der Waals surface area contributed by atoms with E-state index in [9.17, 15) is 4.79 Å². The van der Waals surface area contributed by atoms with Gasteiger partial charge in [-0.1, -0.05) is 0 Å². The van der Waals surface area contributed by atoms with Gasteiger partial charge in [0.15, 0.2) is 0 Å². The first-order chi connectivity index (χ1) is 7.24. The molecule has 0 aromatic rings. The van der Waals surface area contributed by atoms with Crippen LogP contribution in [0.2, 0.25) is 0 Å². The molecule has 3 N–H and O–H groups in total. The number of nitrogens with one attached hydrogen (secondary N) is 1. The molecule has 0 unspecified atom stereocenters. The van der Waals surface area contributed by atoms with Crippen molar-refractivity contribution in [2.75, 3.05) is 19.8 Å². The molecule has 0 radical (unpaired) electrons. The second kappa shape index (κ2) is 6.80. The summed E-state index contributed by atoms with van der Waals surface area (Å²) >= 11 is 0. The summed E-state index contributed by atoms with van der Waals surface area (Å²) < 4.78 is 5.25. The number of nitrogens with two attached hydrogens (primary N) is 1. The standard InChI is InChI=1S/C11H22N2O2/c1-2-15-8-7-13-10-5-3-9(4-6-10)11(12)14/h9-10,13H,2-8H2,1H3,(H2,12,14).